The third-order valence-electron chi connectivity index (χ3n) is 4.60. The molecule has 1 aliphatic heterocycles. The van der Waals surface area contributed by atoms with Gasteiger partial charge in [-0.2, -0.15) is 0 Å². The molecule has 17 heavy (non-hydrogen) atoms. The maximum Gasteiger partial charge on any atom is 0.0250 e. The molecule has 2 aliphatic rings. The normalized spacial score (nSPS) is 30.5. The molecular formula is C14H29N3. The molecule has 0 aromatic heterocycles. The Hall–Kier alpha value is -0.120. The van der Waals surface area contributed by atoms with Gasteiger partial charge in [0.05, 0.1) is 0 Å². The molecule has 1 saturated heterocycles. The van der Waals surface area contributed by atoms with Crippen LogP contribution in [-0.4, -0.2) is 61.2 Å². The van der Waals surface area contributed by atoms with Crippen molar-refractivity contribution in [2.45, 2.75) is 51.6 Å². The van der Waals surface area contributed by atoms with Crippen molar-refractivity contribution in [1.82, 2.24) is 15.1 Å². The van der Waals surface area contributed by atoms with Gasteiger partial charge < -0.3 is 10.2 Å². The van der Waals surface area contributed by atoms with E-state index >= 15 is 0 Å². The van der Waals surface area contributed by atoms with Crippen molar-refractivity contribution in [3.05, 3.63) is 0 Å². The van der Waals surface area contributed by atoms with E-state index in [-0.39, 0.29) is 0 Å². The summed E-state index contributed by atoms with van der Waals surface area (Å²) < 4.78 is 0. The van der Waals surface area contributed by atoms with E-state index < -0.39 is 0 Å². The summed E-state index contributed by atoms with van der Waals surface area (Å²) in [5.41, 5.74) is 0. The van der Waals surface area contributed by atoms with Crippen molar-refractivity contribution in [1.29, 1.82) is 0 Å². The van der Waals surface area contributed by atoms with Crippen LogP contribution in [0.15, 0.2) is 0 Å². The molecule has 1 N–H and O–H groups in total. The van der Waals surface area contributed by atoms with Crippen molar-refractivity contribution < 1.29 is 0 Å². The Morgan fingerprint density at radius 2 is 1.94 bits per heavy atom. The summed E-state index contributed by atoms with van der Waals surface area (Å²) in [6, 6.07) is 1.61. The zero-order chi connectivity index (χ0) is 12.1. The number of hydrogen-bond acceptors (Lipinski definition) is 3. The van der Waals surface area contributed by atoms with Crippen LogP contribution in [0.5, 0.6) is 0 Å². The first kappa shape index (κ1) is 13.3. The standard InChI is InChI=1S/C14H29N3/c1-3-16(4-2)11-12-17-10-9-15-13-7-5-6-8-14(13)17/h13-15H,3-12H2,1-2H3. The van der Waals surface area contributed by atoms with Gasteiger partial charge in [-0.1, -0.05) is 26.7 Å². The number of likely N-dealkylation sites (N-methyl/N-ethyl adjacent to an activating group) is 1. The maximum atomic E-state index is 3.71. The second-order valence-corrected chi connectivity index (χ2v) is 5.48. The Bertz CT molecular complexity index is 214. The van der Waals surface area contributed by atoms with E-state index in [1.807, 2.05) is 0 Å². The van der Waals surface area contributed by atoms with E-state index in [1.165, 1.54) is 65.0 Å². The Labute approximate surface area is 107 Å². The van der Waals surface area contributed by atoms with E-state index in [0.29, 0.717) is 0 Å². The molecule has 1 heterocycles. The second kappa shape index (κ2) is 6.72. The minimum atomic E-state index is 0.786. The summed E-state index contributed by atoms with van der Waals surface area (Å²) >= 11 is 0. The smallest absolute Gasteiger partial charge is 0.0250 e. The number of nitrogens with zero attached hydrogens (tertiary/aromatic N) is 2. The minimum Gasteiger partial charge on any atom is -0.311 e. The highest BCUT2D eigenvalue weighted by molar-refractivity contribution is 4.92. The molecular weight excluding hydrogens is 210 g/mol. The molecule has 0 amide bonds. The van der Waals surface area contributed by atoms with Gasteiger partial charge in [-0.05, 0) is 25.9 Å². The molecule has 2 atom stereocenters. The molecule has 2 fully saturated rings. The number of rotatable bonds is 5. The van der Waals surface area contributed by atoms with Crippen molar-refractivity contribution >= 4 is 0 Å². The first-order valence-electron chi connectivity index (χ1n) is 7.55. The Morgan fingerprint density at radius 3 is 2.71 bits per heavy atom. The second-order valence-electron chi connectivity index (χ2n) is 5.48. The van der Waals surface area contributed by atoms with E-state index in [0.717, 1.165) is 12.1 Å². The van der Waals surface area contributed by atoms with Gasteiger partial charge in [-0.3, -0.25) is 4.90 Å². The van der Waals surface area contributed by atoms with Gasteiger partial charge in [0.15, 0.2) is 0 Å². The van der Waals surface area contributed by atoms with Gasteiger partial charge in [0.25, 0.3) is 0 Å². The average Bonchev–Trinajstić information content (AvgIpc) is 2.40. The van der Waals surface area contributed by atoms with Crippen LogP contribution in [0, 0.1) is 0 Å². The summed E-state index contributed by atoms with van der Waals surface area (Å²) in [5, 5.41) is 3.71. The quantitative estimate of drug-likeness (QED) is 0.785. The first-order valence-corrected chi connectivity index (χ1v) is 7.55. The lowest BCUT2D eigenvalue weighted by Crippen LogP contribution is -2.59. The van der Waals surface area contributed by atoms with Gasteiger partial charge in [-0.15, -0.1) is 0 Å². The molecule has 3 heteroatoms. The summed E-state index contributed by atoms with van der Waals surface area (Å²) in [6.45, 7) is 11.9. The summed E-state index contributed by atoms with van der Waals surface area (Å²) in [5.74, 6) is 0. The zero-order valence-electron chi connectivity index (χ0n) is 11.6. The summed E-state index contributed by atoms with van der Waals surface area (Å²) in [4.78, 5) is 5.29. The number of fused-ring (bicyclic) bond motifs is 1. The zero-order valence-corrected chi connectivity index (χ0v) is 11.6. The van der Waals surface area contributed by atoms with Crippen LogP contribution in [0.3, 0.4) is 0 Å². The van der Waals surface area contributed by atoms with Gasteiger partial charge in [-0.25, -0.2) is 0 Å². The van der Waals surface area contributed by atoms with Crippen molar-refractivity contribution in [2.24, 2.45) is 0 Å². The van der Waals surface area contributed by atoms with E-state index in [4.69, 9.17) is 0 Å². The largest absolute Gasteiger partial charge is 0.311 e. The number of nitrogens with one attached hydrogen (secondary N) is 1. The highest BCUT2D eigenvalue weighted by Crippen LogP contribution is 2.25. The number of piperazine rings is 1. The van der Waals surface area contributed by atoms with E-state index in [1.54, 1.807) is 0 Å². The highest BCUT2D eigenvalue weighted by Gasteiger charge is 2.32. The van der Waals surface area contributed by atoms with Gasteiger partial charge in [0, 0.05) is 38.3 Å². The molecule has 0 aromatic rings. The Kier molecular flexibility index (Phi) is 5.26. The third kappa shape index (κ3) is 3.43. The fraction of sp³-hybridized carbons (Fsp3) is 1.00. The molecule has 0 radical (unpaired) electrons. The molecule has 2 unspecified atom stereocenters. The predicted molar refractivity (Wildman–Crippen MR) is 73.4 cm³/mol. The Morgan fingerprint density at radius 1 is 1.18 bits per heavy atom. The first-order chi connectivity index (χ1) is 8.35. The molecule has 100 valence electrons. The molecule has 1 aliphatic carbocycles. The molecule has 0 aromatic carbocycles. The number of hydrogen-bond donors (Lipinski definition) is 1. The average molecular weight is 239 g/mol. The summed E-state index contributed by atoms with van der Waals surface area (Å²) in [6.07, 6.45) is 5.67. The van der Waals surface area contributed by atoms with Gasteiger partial charge in [0.2, 0.25) is 0 Å². The van der Waals surface area contributed by atoms with E-state index in [2.05, 4.69) is 29.0 Å². The van der Waals surface area contributed by atoms with Crippen LogP contribution >= 0.6 is 0 Å². The van der Waals surface area contributed by atoms with E-state index in [9.17, 15) is 0 Å². The monoisotopic (exact) mass is 239 g/mol. The van der Waals surface area contributed by atoms with Crippen molar-refractivity contribution in [2.75, 3.05) is 39.3 Å². The minimum absolute atomic E-state index is 0.786. The fourth-order valence-corrected chi connectivity index (χ4v) is 3.43. The lowest BCUT2D eigenvalue weighted by molar-refractivity contribution is 0.0778. The lowest BCUT2D eigenvalue weighted by Gasteiger charge is -2.45. The SMILES string of the molecule is CCN(CC)CCN1CCNC2CCCCC21. The van der Waals surface area contributed by atoms with Crippen molar-refractivity contribution in [3.63, 3.8) is 0 Å². The van der Waals surface area contributed by atoms with Crippen LogP contribution in [-0.2, 0) is 0 Å². The summed E-state index contributed by atoms with van der Waals surface area (Å²) in [7, 11) is 0. The maximum absolute atomic E-state index is 3.71. The third-order valence-corrected chi connectivity index (χ3v) is 4.60. The topological polar surface area (TPSA) is 18.5 Å². The highest BCUT2D eigenvalue weighted by atomic mass is 15.3. The van der Waals surface area contributed by atoms with Crippen molar-refractivity contribution in [3.8, 4) is 0 Å². The van der Waals surface area contributed by atoms with Crippen LogP contribution in [0.25, 0.3) is 0 Å². The molecule has 2 rings (SSSR count). The predicted octanol–water partition coefficient (Wildman–Crippen LogP) is 1.54. The van der Waals surface area contributed by atoms with Crippen LogP contribution in [0.4, 0.5) is 0 Å². The van der Waals surface area contributed by atoms with Gasteiger partial charge in [0.1, 0.15) is 0 Å². The van der Waals surface area contributed by atoms with Gasteiger partial charge >= 0.3 is 0 Å². The van der Waals surface area contributed by atoms with Crippen LogP contribution < -0.4 is 5.32 Å². The van der Waals surface area contributed by atoms with Crippen LogP contribution in [0.1, 0.15) is 39.5 Å². The fourth-order valence-electron chi connectivity index (χ4n) is 3.43. The molecule has 3 nitrogen and oxygen atoms in total. The molecule has 0 bridgehead atoms. The Balaban J connectivity index is 1.82. The lowest BCUT2D eigenvalue weighted by atomic mass is 9.87. The van der Waals surface area contributed by atoms with Crippen LogP contribution in [0.2, 0.25) is 0 Å². The molecule has 1 saturated carbocycles. The molecule has 0 spiro atoms.